The lowest BCUT2D eigenvalue weighted by molar-refractivity contribution is 0.141. The lowest BCUT2D eigenvalue weighted by atomic mass is 10.00. The van der Waals surface area contributed by atoms with Crippen molar-refractivity contribution in [2.75, 3.05) is 20.3 Å². The van der Waals surface area contributed by atoms with Crippen molar-refractivity contribution < 1.29 is 4.74 Å². The number of aromatic nitrogens is 1. The van der Waals surface area contributed by atoms with Crippen LogP contribution < -0.4 is 5.32 Å². The summed E-state index contributed by atoms with van der Waals surface area (Å²) in [5.41, 5.74) is 2.59. The Morgan fingerprint density at radius 1 is 1.50 bits per heavy atom. The Balaban J connectivity index is 2.51. The van der Waals surface area contributed by atoms with E-state index in [2.05, 4.69) is 23.3 Å². The summed E-state index contributed by atoms with van der Waals surface area (Å²) in [7, 11) is 2.00. The van der Waals surface area contributed by atoms with Crippen LogP contribution in [0, 0.1) is 6.92 Å². The molecule has 1 aromatic rings. The molecule has 0 fully saturated rings. The van der Waals surface area contributed by atoms with Gasteiger partial charge in [0.15, 0.2) is 0 Å². The average Bonchev–Trinajstić information content (AvgIpc) is 2.31. The summed E-state index contributed by atoms with van der Waals surface area (Å²) < 4.78 is 5.35. The molecule has 3 nitrogen and oxygen atoms in total. The molecule has 90 valence electrons. The van der Waals surface area contributed by atoms with Crippen LogP contribution in [0.25, 0.3) is 0 Å². The van der Waals surface area contributed by atoms with Crippen molar-refractivity contribution in [1.29, 1.82) is 0 Å². The third-order valence-corrected chi connectivity index (χ3v) is 2.79. The van der Waals surface area contributed by atoms with E-state index in [0.29, 0.717) is 6.04 Å². The Kier molecular flexibility index (Phi) is 6.04. The molecular formula is C13H22N2O. The Morgan fingerprint density at radius 2 is 2.31 bits per heavy atom. The van der Waals surface area contributed by atoms with Gasteiger partial charge in [0.05, 0.1) is 0 Å². The van der Waals surface area contributed by atoms with Gasteiger partial charge in [-0.05, 0) is 50.9 Å². The maximum Gasteiger partial charge on any atom is 0.0466 e. The molecule has 1 heterocycles. The molecule has 0 aromatic carbocycles. The molecule has 0 bridgehead atoms. The molecule has 1 rings (SSSR count). The van der Waals surface area contributed by atoms with Crippen LogP contribution in [0.15, 0.2) is 18.5 Å². The predicted molar refractivity (Wildman–Crippen MR) is 66.5 cm³/mol. The quantitative estimate of drug-likeness (QED) is 0.720. The van der Waals surface area contributed by atoms with Gasteiger partial charge in [0.1, 0.15) is 0 Å². The number of aryl methyl sites for hydroxylation is 1. The van der Waals surface area contributed by atoms with Gasteiger partial charge in [-0.3, -0.25) is 4.98 Å². The second-order valence-corrected chi connectivity index (χ2v) is 3.91. The highest BCUT2D eigenvalue weighted by molar-refractivity contribution is 5.24. The molecule has 1 unspecified atom stereocenters. The molecule has 16 heavy (non-hydrogen) atoms. The Morgan fingerprint density at radius 3 is 2.94 bits per heavy atom. The molecule has 0 radical (unpaired) electrons. The molecule has 0 spiro atoms. The summed E-state index contributed by atoms with van der Waals surface area (Å²) in [5, 5.41) is 3.34. The van der Waals surface area contributed by atoms with Crippen molar-refractivity contribution in [3.05, 3.63) is 29.6 Å². The Hall–Kier alpha value is -0.930. The van der Waals surface area contributed by atoms with E-state index in [4.69, 9.17) is 4.74 Å². The lowest BCUT2D eigenvalue weighted by Gasteiger charge is -2.18. The van der Waals surface area contributed by atoms with Crippen LogP contribution >= 0.6 is 0 Å². The first kappa shape index (κ1) is 13.1. The van der Waals surface area contributed by atoms with Crippen molar-refractivity contribution in [2.45, 2.75) is 32.7 Å². The minimum Gasteiger partial charge on any atom is -0.382 e. The molecule has 1 aromatic heterocycles. The zero-order valence-corrected chi connectivity index (χ0v) is 10.5. The summed E-state index contributed by atoms with van der Waals surface area (Å²) in [6.07, 6.45) is 5.96. The van der Waals surface area contributed by atoms with Crippen molar-refractivity contribution in [1.82, 2.24) is 10.3 Å². The molecular weight excluding hydrogens is 200 g/mol. The van der Waals surface area contributed by atoms with Gasteiger partial charge < -0.3 is 10.1 Å². The zero-order chi connectivity index (χ0) is 11.8. The summed E-state index contributed by atoms with van der Waals surface area (Å²) in [4.78, 5) is 4.19. The van der Waals surface area contributed by atoms with E-state index >= 15 is 0 Å². The molecule has 1 N–H and O–H groups in total. The van der Waals surface area contributed by atoms with Gasteiger partial charge in [0, 0.05) is 31.6 Å². The van der Waals surface area contributed by atoms with Crippen molar-refractivity contribution in [2.24, 2.45) is 0 Å². The number of nitrogens with zero attached hydrogens (tertiary/aromatic N) is 1. The van der Waals surface area contributed by atoms with Crippen LogP contribution in [0.1, 0.15) is 36.9 Å². The standard InChI is InChI=1S/C13H22N2O/c1-4-16-9-5-6-13(14-3)12-10-15-8-7-11(12)2/h7-8,10,13-14H,4-6,9H2,1-3H3. The van der Waals surface area contributed by atoms with E-state index in [1.807, 2.05) is 26.4 Å². The fourth-order valence-electron chi connectivity index (χ4n) is 1.83. The van der Waals surface area contributed by atoms with Gasteiger partial charge in [-0.2, -0.15) is 0 Å². The summed E-state index contributed by atoms with van der Waals surface area (Å²) in [5.74, 6) is 0. The molecule has 3 heteroatoms. The van der Waals surface area contributed by atoms with Crippen LogP contribution in [-0.4, -0.2) is 25.2 Å². The van der Waals surface area contributed by atoms with E-state index in [0.717, 1.165) is 26.1 Å². The summed E-state index contributed by atoms with van der Waals surface area (Å²) in [6, 6.07) is 2.44. The second kappa shape index (κ2) is 7.36. The number of hydrogen-bond acceptors (Lipinski definition) is 3. The zero-order valence-electron chi connectivity index (χ0n) is 10.5. The van der Waals surface area contributed by atoms with Crippen molar-refractivity contribution in [3.8, 4) is 0 Å². The Bertz CT molecular complexity index is 302. The number of pyridine rings is 1. The maximum absolute atomic E-state index is 5.35. The molecule has 0 amide bonds. The van der Waals surface area contributed by atoms with Gasteiger partial charge >= 0.3 is 0 Å². The Labute approximate surface area is 98.2 Å². The van der Waals surface area contributed by atoms with Crippen LogP contribution in [-0.2, 0) is 4.74 Å². The third-order valence-electron chi connectivity index (χ3n) is 2.79. The first-order valence-corrected chi connectivity index (χ1v) is 5.95. The molecule has 0 saturated heterocycles. The largest absolute Gasteiger partial charge is 0.382 e. The number of rotatable bonds is 7. The van der Waals surface area contributed by atoms with Gasteiger partial charge in [-0.15, -0.1) is 0 Å². The fraction of sp³-hybridized carbons (Fsp3) is 0.615. The van der Waals surface area contributed by atoms with Gasteiger partial charge in [0.2, 0.25) is 0 Å². The van der Waals surface area contributed by atoms with Gasteiger partial charge in [0.25, 0.3) is 0 Å². The molecule has 0 aliphatic rings. The predicted octanol–water partition coefficient (Wildman–Crippen LogP) is 2.47. The topological polar surface area (TPSA) is 34.1 Å². The van der Waals surface area contributed by atoms with E-state index in [1.165, 1.54) is 11.1 Å². The molecule has 1 atom stereocenters. The number of nitrogens with one attached hydrogen (secondary N) is 1. The summed E-state index contributed by atoms with van der Waals surface area (Å²) >= 11 is 0. The normalized spacial score (nSPS) is 12.7. The SMILES string of the molecule is CCOCCCC(NC)c1cnccc1C. The smallest absolute Gasteiger partial charge is 0.0466 e. The third kappa shape index (κ3) is 3.91. The van der Waals surface area contributed by atoms with E-state index < -0.39 is 0 Å². The first-order valence-electron chi connectivity index (χ1n) is 5.95. The average molecular weight is 222 g/mol. The first-order chi connectivity index (χ1) is 7.79. The molecule has 0 saturated carbocycles. The van der Waals surface area contributed by atoms with Gasteiger partial charge in [-0.1, -0.05) is 0 Å². The van der Waals surface area contributed by atoms with Crippen LogP contribution in [0.2, 0.25) is 0 Å². The maximum atomic E-state index is 5.35. The highest BCUT2D eigenvalue weighted by Crippen LogP contribution is 2.20. The van der Waals surface area contributed by atoms with Crippen molar-refractivity contribution >= 4 is 0 Å². The van der Waals surface area contributed by atoms with E-state index in [1.54, 1.807) is 0 Å². The fourth-order valence-corrected chi connectivity index (χ4v) is 1.83. The molecule has 0 aliphatic carbocycles. The minimum absolute atomic E-state index is 0.383. The number of hydrogen-bond donors (Lipinski definition) is 1. The highest BCUT2D eigenvalue weighted by Gasteiger charge is 2.11. The monoisotopic (exact) mass is 222 g/mol. The van der Waals surface area contributed by atoms with Crippen LogP contribution in [0.5, 0.6) is 0 Å². The van der Waals surface area contributed by atoms with Crippen molar-refractivity contribution in [3.63, 3.8) is 0 Å². The van der Waals surface area contributed by atoms with Crippen LogP contribution in [0.3, 0.4) is 0 Å². The van der Waals surface area contributed by atoms with E-state index in [-0.39, 0.29) is 0 Å². The molecule has 0 aliphatic heterocycles. The van der Waals surface area contributed by atoms with Crippen LogP contribution in [0.4, 0.5) is 0 Å². The van der Waals surface area contributed by atoms with Gasteiger partial charge in [-0.25, -0.2) is 0 Å². The number of ether oxygens (including phenoxy) is 1. The second-order valence-electron chi connectivity index (χ2n) is 3.91. The minimum atomic E-state index is 0.383. The summed E-state index contributed by atoms with van der Waals surface area (Å²) in [6.45, 7) is 5.80. The lowest BCUT2D eigenvalue weighted by Crippen LogP contribution is -2.18. The highest BCUT2D eigenvalue weighted by atomic mass is 16.5. The van der Waals surface area contributed by atoms with E-state index in [9.17, 15) is 0 Å².